The van der Waals surface area contributed by atoms with Crippen molar-refractivity contribution < 1.29 is 23.1 Å². The Morgan fingerprint density at radius 3 is 2.67 bits per heavy atom. The van der Waals surface area contributed by atoms with Crippen molar-refractivity contribution in [1.82, 2.24) is 4.90 Å². The largest absolute Gasteiger partial charge is 0.459 e. The van der Waals surface area contributed by atoms with E-state index in [1.54, 1.807) is 23.1 Å². The Bertz CT molecular complexity index is 1340. The van der Waals surface area contributed by atoms with Crippen LogP contribution in [0.2, 0.25) is 0 Å². The predicted molar refractivity (Wildman–Crippen MR) is 122 cm³/mol. The molecule has 3 heterocycles. The smallest absolute Gasteiger partial charge is 0.336 e. The third-order valence-corrected chi connectivity index (χ3v) is 8.11. The number of hydrogen-bond acceptors (Lipinski definition) is 6. The number of carbonyl (C=O) groups is 2. The van der Waals surface area contributed by atoms with Crippen molar-refractivity contribution in [2.24, 2.45) is 0 Å². The maximum absolute atomic E-state index is 13.5. The zero-order chi connectivity index (χ0) is 23.3. The summed E-state index contributed by atoms with van der Waals surface area (Å²) in [6, 6.07) is 10.4. The first-order chi connectivity index (χ1) is 15.8. The lowest BCUT2D eigenvalue weighted by Crippen LogP contribution is -2.46. The number of amides is 1. The summed E-state index contributed by atoms with van der Waals surface area (Å²) in [5.74, 6) is -0.608. The van der Waals surface area contributed by atoms with Crippen LogP contribution < -0.4 is 5.63 Å². The van der Waals surface area contributed by atoms with E-state index in [-0.39, 0.29) is 18.3 Å². The number of rotatable bonds is 4. The predicted octanol–water partition coefficient (Wildman–Crippen LogP) is 4.18. The average molecular weight is 468 g/mol. The molecule has 0 N–H and O–H groups in total. The molecule has 0 saturated carbocycles. The first kappa shape index (κ1) is 21.7. The lowest BCUT2D eigenvalue weighted by atomic mass is 10.0. The fourth-order valence-corrected chi connectivity index (χ4v) is 6.31. The highest BCUT2D eigenvalue weighted by Crippen LogP contribution is 2.54. The average Bonchev–Trinajstić information content (AvgIpc) is 3.32. The van der Waals surface area contributed by atoms with Crippen molar-refractivity contribution in [1.29, 1.82) is 0 Å². The minimum absolute atomic E-state index is 0.101. The topological polar surface area (TPSA) is 76.8 Å². The van der Waals surface area contributed by atoms with Gasteiger partial charge in [-0.15, -0.1) is 11.8 Å². The molecule has 0 aliphatic carbocycles. The summed E-state index contributed by atoms with van der Waals surface area (Å²) in [6.07, 6.45) is 0.867. The number of benzene rings is 2. The second-order valence-electron chi connectivity index (χ2n) is 8.51. The number of ether oxygens (including phenoxy) is 1. The van der Waals surface area contributed by atoms with Crippen LogP contribution in [0.1, 0.15) is 35.1 Å². The molecule has 1 amide bonds. The summed E-state index contributed by atoms with van der Waals surface area (Å²) in [4.78, 5) is 38.8. The van der Waals surface area contributed by atoms with Crippen molar-refractivity contribution in [3.8, 4) is 0 Å². The van der Waals surface area contributed by atoms with E-state index >= 15 is 0 Å². The molecule has 2 aromatic carbocycles. The fraction of sp³-hybridized carbons (Fsp3) is 0.320. The standard InChI is InChI=1S/C25H22FNO5S/c1-14-9-19-16(11-23(29)32-21(19)10-15(14)2)12-31-24(30)20-13-33-25(8-7-22(28)27(20)25)17-3-5-18(26)6-4-17/h3-6,9-11,20H,7-8,12-13H2,1-2H3/t20-,25+/m0/s1. The van der Waals surface area contributed by atoms with Gasteiger partial charge >= 0.3 is 11.6 Å². The molecule has 6 nitrogen and oxygen atoms in total. The van der Waals surface area contributed by atoms with Crippen LogP contribution in [0.4, 0.5) is 4.39 Å². The van der Waals surface area contributed by atoms with Crippen LogP contribution in [0.25, 0.3) is 11.0 Å². The van der Waals surface area contributed by atoms with Gasteiger partial charge in [0.2, 0.25) is 5.91 Å². The highest BCUT2D eigenvalue weighted by atomic mass is 32.2. The number of esters is 1. The van der Waals surface area contributed by atoms with Gasteiger partial charge in [-0.1, -0.05) is 12.1 Å². The number of carbonyl (C=O) groups excluding carboxylic acids is 2. The van der Waals surface area contributed by atoms with Crippen molar-refractivity contribution in [2.45, 2.75) is 44.2 Å². The summed E-state index contributed by atoms with van der Waals surface area (Å²) < 4.78 is 24.4. The monoisotopic (exact) mass is 467 g/mol. The van der Waals surface area contributed by atoms with Crippen LogP contribution >= 0.6 is 11.8 Å². The van der Waals surface area contributed by atoms with Gasteiger partial charge in [0.1, 0.15) is 28.9 Å². The van der Waals surface area contributed by atoms with Crippen LogP contribution in [0.3, 0.4) is 0 Å². The molecule has 0 spiro atoms. The number of hydrogen-bond donors (Lipinski definition) is 0. The maximum atomic E-state index is 13.5. The second-order valence-corrected chi connectivity index (χ2v) is 9.81. The third-order valence-electron chi connectivity index (χ3n) is 6.51. The summed E-state index contributed by atoms with van der Waals surface area (Å²) in [5.41, 5.74) is 3.31. The molecule has 2 fully saturated rings. The summed E-state index contributed by atoms with van der Waals surface area (Å²) >= 11 is 1.51. The Labute approximate surface area is 193 Å². The zero-order valence-corrected chi connectivity index (χ0v) is 19.0. The lowest BCUT2D eigenvalue weighted by molar-refractivity contribution is -0.155. The molecule has 5 rings (SSSR count). The second kappa shape index (κ2) is 8.02. The van der Waals surface area contributed by atoms with E-state index in [4.69, 9.17) is 9.15 Å². The summed E-state index contributed by atoms with van der Waals surface area (Å²) in [7, 11) is 0. The van der Waals surface area contributed by atoms with Crippen molar-refractivity contribution in [2.75, 3.05) is 5.75 Å². The molecule has 0 unspecified atom stereocenters. The van der Waals surface area contributed by atoms with Gasteiger partial charge in [-0.2, -0.15) is 0 Å². The maximum Gasteiger partial charge on any atom is 0.336 e. The summed E-state index contributed by atoms with van der Waals surface area (Å²) in [6.45, 7) is 3.79. The molecule has 33 heavy (non-hydrogen) atoms. The van der Waals surface area contributed by atoms with Gasteiger partial charge in [-0.05, 0) is 61.2 Å². The number of aryl methyl sites for hydroxylation is 2. The highest BCUT2D eigenvalue weighted by molar-refractivity contribution is 8.00. The zero-order valence-electron chi connectivity index (χ0n) is 18.2. The number of thioether (sulfide) groups is 1. The quantitative estimate of drug-likeness (QED) is 0.423. The van der Waals surface area contributed by atoms with Crippen LogP contribution in [-0.4, -0.2) is 28.6 Å². The molecular formula is C25H22FNO5S. The van der Waals surface area contributed by atoms with Gasteiger partial charge in [0.25, 0.3) is 0 Å². The van der Waals surface area contributed by atoms with Gasteiger partial charge in [-0.25, -0.2) is 14.0 Å². The Morgan fingerprint density at radius 2 is 1.91 bits per heavy atom. The van der Waals surface area contributed by atoms with Gasteiger partial charge in [0, 0.05) is 29.2 Å². The first-order valence-electron chi connectivity index (χ1n) is 10.7. The van der Waals surface area contributed by atoms with Gasteiger partial charge in [-0.3, -0.25) is 4.79 Å². The van der Waals surface area contributed by atoms with Gasteiger partial charge in [0.15, 0.2) is 0 Å². The molecule has 2 atom stereocenters. The van der Waals surface area contributed by atoms with Crippen LogP contribution in [0.5, 0.6) is 0 Å². The fourth-order valence-electron chi connectivity index (χ4n) is 4.68. The van der Waals surface area contributed by atoms with Crippen molar-refractivity contribution in [3.63, 3.8) is 0 Å². The van der Waals surface area contributed by atoms with E-state index in [0.29, 0.717) is 35.1 Å². The Morgan fingerprint density at radius 1 is 1.18 bits per heavy atom. The Hall–Kier alpha value is -3.13. The first-order valence-corrected chi connectivity index (χ1v) is 11.7. The molecule has 170 valence electrons. The molecule has 2 saturated heterocycles. The van der Waals surface area contributed by atoms with Gasteiger partial charge < -0.3 is 14.1 Å². The Kier molecular flexibility index (Phi) is 5.28. The number of nitrogens with zero attached hydrogens (tertiary/aromatic N) is 1. The van der Waals surface area contributed by atoms with E-state index in [1.807, 2.05) is 19.9 Å². The third kappa shape index (κ3) is 3.62. The minimum atomic E-state index is -0.745. The summed E-state index contributed by atoms with van der Waals surface area (Å²) in [5, 5.41) is 0.712. The van der Waals surface area contributed by atoms with E-state index in [1.165, 1.54) is 30.0 Å². The van der Waals surface area contributed by atoms with E-state index in [2.05, 4.69) is 0 Å². The number of halogens is 1. The van der Waals surface area contributed by atoms with Crippen LogP contribution in [0.15, 0.2) is 51.7 Å². The lowest BCUT2D eigenvalue weighted by Gasteiger charge is -2.33. The van der Waals surface area contributed by atoms with Crippen LogP contribution in [0, 0.1) is 19.7 Å². The molecule has 2 aliphatic rings. The van der Waals surface area contributed by atoms with Crippen molar-refractivity contribution in [3.05, 3.63) is 81.0 Å². The number of fused-ring (bicyclic) bond motifs is 2. The molecule has 8 heteroatoms. The van der Waals surface area contributed by atoms with E-state index in [0.717, 1.165) is 16.7 Å². The molecule has 2 aliphatic heterocycles. The van der Waals surface area contributed by atoms with E-state index < -0.39 is 22.5 Å². The molecular weight excluding hydrogens is 445 g/mol. The van der Waals surface area contributed by atoms with Crippen molar-refractivity contribution >= 4 is 34.6 Å². The molecule has 1 aromatic heterocycles. The highest BCUT2D eigenvalue weighted by Gasteiger charge is 2.57. The molecule has 3 aromatic rings. The van der Waals surface area contributed by atoms with Gasteiger partial charge in [0.05, 0.1) is 0 Å². The Balaban J connectivity index is 1.40. The SMILES string of the molecule is Cc1cc2oc(=O)cc(COC(=O)[C@@H]3CS[C@@]4(c5ccc(F)cc5)CCC(=O)N34)c2cc1C. The minimum Gasteiger partial charge on any atom is -0.459 e. The molecule has 0 radical (unpaired) electrons. The molecule has 0 bridgehead atoms. The normalized spacial score (nSPS) is 22.1. The van der Waals surface area contributed by atoms with E-state index in [9.17, 15) is 18.8 Å². The van der Waals surface area contributed by atoms with Crippen LogP contribution in [-0.2, 0) is 25.8 Å².